The van der Waals surface area contributed by atoms with E-state index in [1.165, 1.54) is 12.1 Å². The van der Waals surface area contributed by atoms with Gasteiger partial charge in [0.1, 0.15) is 12.2 Å². The smallest absolute Gasteiger partial charge is 0.312 e. The molecule has 0 atom stereocenters. The van der Waals surface area contributed by atoms with Gasteiger partial charge in [0.15, 0.2) is 0 Å². The lowest BCUT2D eigenvalue weighted by Gasteiger charge is -2.06. The van der Waals surface area contributed by atoms with Crippen molar-refractivity contribution in [3.63, 3.8) is 0 Å². The van der Waals surface area contributed by atoms with E-state index >= 15 is 0 Å². The number of hydrogen-bond acceptors (Lipinski definition) is 2. The molecule has 0 saturated heterocycles. The standard InChI is InChI=1S/C10H10FNO3/c1-6-2-3-7(11)4-8(6)12-9(13)5-10(14)15/h2-4H,5H2,1H3,(H,12,13)(H,14,15). The third kappa shape index (κ3) is 3.38. The molecule has 5 heteroatoms. The summed E-state index contributed by atoms with van der Waals surface area (Å²) in [6.07, 6.45) is -0.629. The average Bonchev–Trinajstić information content (AvgIpc) is 2.10. The van der Waals surface area contributed by atoms with E-state index in [9.17, 15) is 14.0 Å². The summed E-state index contributed by atoms with van der Waals surface area (Å²) < 4.78 is 12.8. The van der Waals surface area contributed by atoms with Crippen molar-refractivity contribution in [2.24, 2.45) is 0 Å². The van der Waals surface area contributed by atoms with Crippen LogP contribution in [0.2, 0.25) is 0 Å². The lowest BCUT2D eigenvalue weighted by atomic mass is 10.2. The Kier molecular flexibility index (Phi) is 3.38. The van der Waals surface area contributed by atoms with Gasteiger partial charge >= 0.3 is 5.97 Å². The monoisotopic (exact) mass is 211 g/mol. The first-order valence-electron chi connectivity index (χ1n) is 4.27. The largest absolute Gasteiger partial charge is 0.481 e. The Morgan fingerprint density at radius 2 is 2.13 bits per heavy atom. The second-order valence-corrected chi connectivity index (χ2v) is 3.08. The zero-order valence-electron chi connectivity index (χ0n) is 8.08. The van der Waals surface area contributed by atoms with Gasteiger partial charge in [-0.25, -0.2) is 4.39 Å². The maximum atomic E-state index is 12.8. The second-order valence-electron chi connectivity index (χ2n) is 3.08. The van der Waals surface area contributed by atoms with E-state index in [0.29, 0.717) is 11.3 Å². The van der Waals surface area contributed by atoms with Gasteiger partial charge in [0.05, 0.1) is 0 Å². The zero-order valence-corrected chi connectivity index (χ0v) is 8.08. The molecule has 0 saturated carbocycles. The van der Waals surface area contributed by atoms with Crippen LogP contribution >= 0.6 is 0 Å². The molecule has 0 unspecified atom stereocenters. The number of anilines is 1. The van der Waals surface area contributed by atoms with E-state index < -0.39 is 24.1 Å². The van der Waals surface area contributed by atoms with Crippen LogP contribution in [0.3, 0.4) is 0 Å². The third-order valence-corrected chi connectivity index (χ3v) is 1.79. The molecule has 0 fully saturated rings. The molecule has 0 radical (unpaired) electrons. The predicted octanol–water partition coefficient (Wildman–Crippen LogP) is 1.55. The van der Waals surface area contributed by atoms with Gasteiger partial charge in [0.2, 0.25) is 5.91 Å². The normalized spacial score (nSPS) is 9.73. The number of amides is 1. The quantitative estimate of drug-likeness (QED) is 0.745. The third-order valence-electron chi connectivity index (χ3n) is 1.79. The number of aliphatic carboxylic acids is 1. The van der Waals surface area contributed by atoms with Crippen LogP contribution in [-0.4, -0.2) is 17.0 Å². The molecule has 15 heavy (non-hydrogen) atoms. The molecule has 1 amide bonds. The van der Waals surface area contributed by atoms with E-state index in [0.717, 1.165) is 6.07 Å². The number of hydrogen-bond donors (Lipinski definition) is 2. The number of carboxylic acid groups (broad SMARTS) is 1. The molecule has 0 heterocycles. The lowest BCUT2D eigenvalue weighted by molar-refractivity contribution is -0.139. The van der Waals surface area contributed by atoms with E-state index in [2.05, 4.69) is 5.32 Å². The van der Waals surface area contributed by atoms with Crippen molar-refractivity contribution in [2.45, 2.75) is 13.3 Å². The summed E-state index contributed by atoms with van der Waals surface area (Å²) in [5.74, 6) is -2.37. The van der Waals surface area contributed by atoms with Crippen LogP contribution in [0.1, 0.15) is 12.0 Å². The SMILES string of the molecule is Cc1ccc(F)cc1NC(=O)CC(=O)O. The fraction of sp³-hybridized carbons (Fsp3) is 0.200. The number of aryl methyl sites for hydroxylation is 1. The fourth-order valence-corrected chi connectivity index (χ4v) is 1.06. The van der Waals surface area contributed by atoms with Gasteiger partial charge in [0, 0.05) is 5.69 Å². The Labute approximate surface area is 85.7 Å². The van der Waals surface area contributed by atoms with E-state index in [1.807, 2.05) is 0 Å². The number of benzene rings is 1. The number of carbonyl (C=O) groups is 2. The fourth-order valence-electron chi connectivity index (χ4n) is 1.06. The molecular formula is C10H10FNO3. The summed E-state index contributed by atoms with van der Waals surface area (Å²) >= 11 is 0. The van der Waals surface area contributed by atoms with E-state index in [4.69, 9.17) is 5.11 Å². The molecule has 1 rings (SSSR count). The molecule has 0 spiro atoms. The minimum atomic E-state index is -1.22. The van der Waals surface area contributed by atoms with Crippen molar-refractivity contribution in [3.05, 3.63) is 29.6 Å². The van der Waals surface area contributed by atoms with Gasteiger partial charge in [-0.15, -0.1) is 0 Å². The first-order chi connectivity index (χ1) is 6.99. The summed E-state index contributed by atoms with van der Waals surface area (Å²) in [6.45, 7) is 1.69. The number of rotatable bonds is 3. The Morgan fingerprint density at radius 1 is 1.47 bits per heavy atom. The number of nitrogens with one attached hydrogen (secondary N) is 1. The first kappa shape index (κ1) is 11.2. The first-order valence-corrected chi connectivity index (χ1v) is 4.27. The van der Waals surface area contributed by atoms with E-state index in [1.54, 1.807) is 6.92 Å². The van der Waals surface area contributed by atoms with Gasteiger partial charge < -0.3 is 10.4 Å². The van der Waals surface area contributed by atoms with Crippen molar-refractivity contribution in [3.8, 4) is 0 Å². The van der Waals surface area contributed by atoms with Crippen LogP contribution in [0.4, 0.5) is 10.1 Å². The Bertz CT molecular complexity index is 404. The topological polar surface area (TPSA) is 66.4 Å². The molecule has 4 nitrogen and oxygen atoms in total. The van der Waals surface area contributed by atoms with Crippen molar-refractivity contribution >= 4 is 17.6 Å². The predicted molar refractivity (Wildman–Crippen MR) is 52.0 cm³/mol. The molecule has 1 aromatic carbocycles. The summed E-state index contributed by atoms with van der Waals surface area (Å²) in [5.41, 5.74) is 0.969. The lowest BCUT2D eigenvalue weighted by Crippen LogP contribution is -2.16. The maximum absolute atomic E-state index is 12.8. The van der Waals surface area contributed by atoms with Gasteiger partial charge in [-0.05, 0) is 24.6 Å². The highest BCUT2D eigenvalue weighted by molar-refractivity contribution is 6.01. The highest BCUT2D eigenvalue weighted by Crippen LogP contribution is 2.15. The van der Waals surface area contributed by atoms with Crippen LogP contribution in [0.25, 0.3) is 0 Å². The number of halogens is 1. The average molecular weight is 211 g/mol. The van der Waals surface area contributed by atoms with Crippen LogP contribution in [0.15, 0.2) is 18.2 Å². The van der Waals surface area contributed by atoms with Crippen molar-refractivity contribution in [2.75, 3.05) is 5.32 Å². The van der Waals surface area contributed by atoms with Crippen molar-refractivity contribution in [1.29, 1.82) is 0 Å². The van der Waals surface area contributed by atoms with Crippen LogP contribution < -0.4 is 5.32 Å². The molecule has 0 aliphatic rings. The molecule has 2 N–H and O–H groups in total. The molecule has 0 bridgehead atoms. The van der Waals surface area contributed by atoms with Gasteiger partial charge in [-0.1, -0.05) is 6.07 Å². The Balaban J connectivity index is 2.76. The number of carboxylic acids is 1. The minimum Gasteiger partial charge on any atom is -0.481 e. The minimum absolute atomic E-state index is 0.293. The summed E-state index contributed by atoms with van der Waals surface area (Å²) in [7, 11) is 0. The number of carbonyl (C=O) groups excluding carboxylic acids is 1. The summed E-state index contributed by atoms with van der Waals surface area (Å²) in [5, 5.41) is 10.7. The second kappa shape index (κ2) is 4.54. The van der Waals surface area contributed by atoms with Gasteiger partial charge in [-0.3, -0.25) is 9.59 Å². The van der Waals surface area contributed by atoms with Gasteiger partial charge in [0.25, 0.3) is 0 Å². The summed E-state index contributed by atoms with van der Waals surface area (Å²) in [4.78, 5) is 21.3. The highest BCUT2D eigenvalue weighted by atomic mass is 19.1. The summed E-state index contributed by atoms with van der Waals surface area (Å²) in [6, 6.07) is 3.92. The van der Waals surface area contributed by atoms with Crippen LogP contribution in [0.5, 0.6) is 0 Å². The van der Waals surface area contributed by atoms with Crippen molar-refractivity contribution < 1.29 is 19.1 Å². The Hall–Kier alpha value is -1.91. The molecule has 1 aromatic rings. The van der Waals surface area contributed by atoms with Gasteiger partial charge in [-0.2, -0.15) is 0 Å². The van der Waals surface area contributed by atoms with Crippen LogP contribution in [0, 0.1) is 12.7 Å². The molecule has 0 aliphatic carbocycles. The van der Waals surface area contributed by atoms with E-state index in [-0.39, 0.29) is 0 Å². The maximum Gasteiger partial charge on any atom is 0.312 e. The Morgan fingerprint density at radius 3 is 2.73 bits per heavy atom. The zero-order chi connectivity index (χ0) is 11.4. The molecular weight excluding hydrogens is 201 g/mol. The highest BCUT2D eigenvalue weighted by Gasteiger charge is 2.09. The molecule has 0 aromatic heterocycles. The van der Waals surface area contributed by atoms with Crippen molar-refractivity contribution in [1.82, 2.24) is 0 Å². The molecule has 80 valence electrons. The van der Waals surface area contributed by atoms with Crippen LogP contribution in [-0.2, 0) is 9.59 Å². The molecule has 0 aliphatic heterocycles.